The Morgan fingerprint density at radius 2 is 2.15 bits per heavy atom. The third-order valence-electron chi connectivity index (χ3n) is 2.49. The summed E-state index contributed by atoms with van der Waals surface area (Å²) in [6, 6.07) is 2.64. The molecule has 0 aliphatic rings. The van der Waals surface area contributed by atoms with Gasteiger partial charge in [-0.3, -0.25) is 9.59 Å². The first-order valence-electron chi connectivity index (χ1n) is 6.12. The van der Waals surface area contributed by atoms with E-state index in [0.717, 1.165) is 0 Å². The average molecular weight is 274 g/mol. The topological polar surface area (TPSA) is 88.3 Å². The minimum atomic E-state index is -0.601. The first kappa shape index (κ1) is 15.7. The third-order valence-corrected chi connectivity index (χ3v) is 2.49. The first-order valence-corrected chi connectivity index (χ1v) is 6.12. The van der Waals surface area contributed by atoms with Crippen LogP contribution in [0.25, 0.3) is 0 Å². The lowest BCUT2D eigenvalue weighted by Crippen LogP contribution is -2.44. The highest BCUT2D eigenvalue weighted by Gasteiger charge is 2.18. The highest BCUT2D eigenvalue weighted by Crippen LogP contribution is 2.00. The smallest absolute Gasteiger partial charge is 0.270 e. The summed E-state index contributed by atoms with van der Waals surface area (Å²) < 4.78 is 0. The molecule has 0 fully saturated rings. The summed E-state index contributed by atoms with van der Waals surface area (Å²) in [5.74, 6) is 4.94. The van der Waals surface area contributed by atoms with Crippen LogP contribution in [0.3, 0.4) is 0 Å². The monoisotopic (exact) mass is 274 g/mol. The van der Waals surface area contributed by atoms with E-state index < -0.39 is 11.9 Å². The standard InChI is InChI=1S/C14H18N4O2/c1-10(14(20)18(2)3)17-13(19)12-7-6-11(9-16-12)5-4-8-15/h6-7,9-10H,8,15H2,1-3H3,(H,17,19). The molecule has 0 bridgehead atoms. The molecule has 1 heterocycles. The van der Waals surface area contributed by atoms with Crippen LogP contribution in [-0.4, -0.2) is 48.4 Å². The van der Waals surface area contributed by atoms with E-state index in [-0.39, 0.29) is 18.1 Å². The van der Waals surface area contributed by atoms with E-state index in [1.807, 2.05) is 0 Å². The molecule has 1 unspecified atom stereocenters. The van der Waals surface area contributed by atoms with Crippen molar-refractivity contribution in [3.05, 3.63) is 29.6 Å². The zero-order valence-electron chi connectivity index (χ0n) is 11.8. The summed E-state index contributed by atoms with van der Waals surface area (Å²) in [6.07, 6.45) is 1.50. The van der Waals surface area contributed by atoms with Crippen molar-refractivity contribution in [2.45, 2.75) is 13.0 Å². The molecule has 1 atom stereocenters. The van der Waals surface area contributed by atoms with Gasteiger partial charge in [0, 0.05) is 25.9 Å². The van der Waals surface area contributed by atoms with Crippen LogP contribution in [-0.2, 0) is 4.79 Å². The van der Waals surface area contributed by atoms with Crippen LogP contribution >= 0.6 is 0 Å². The molecular weight excluding hydrogens is 256 g/mol. The zero-order chi connectivity index (χ0) is 15.1. The number of amides is 2. The number of aromatic nitrogens is 1. The predicted octanol–water partition coefficient (Wildman–Crippen LogP) is -0.402. The average Bonchev–Trinajstić information content (AvgIpc) is 2.44. The van der Waals surface area contributed by atoms with Crippen LogP contribution in [0.2, 0.25) is 0 Å². The third kappa shape index (κ3) is 4.37. The molecule has 1 aromatic rings. The number of likely N-dealkylation sites (N-methyl/N-ethyl adjacent to an activating group) is 1. The van der Waals surface area contributed by atoms with E-state index >= 15 is 0 Å². The largest absolute Gasteiger partial charge is 0.347 e. The highest BCUT2D eigenvalue weighted by atomic mass is 16.2. The Balaban J connectivity index is 2.71. The van der Waals surface area contributed by atoms with Crippen molar-refractivity contribution < 1.29 is 9.59 Å². The number of hydrogen-bond acceptors (Lipinski definition) is 4. The number of rotatable bonds is 3. The molecule has 0 aromatic carbocycles. The van der Waals surface area contributed by atoms with Crippen molar-refractivity contribution in [1.29, 1.82) is 0 Å². The second-order valence-corrected chi connectivity index (χ2v) is 4.37. The number of nitrogens with two attached hydrogens (primary N) is 1. The van der Waals surface area contributed by atoms with Crippen molar-refractivity contribution in [1.82, 2.24) is 15.2 Å². The number of carbonyl (C=O) groups is 2. The Morgan fingerprint density at radius 3 is 2.65 bits per heavy atom. The summed E-state index contributed by atoms with van der Waals surface area (Å²) >= 11 is 0. The lowest BCUT2D eigenvalue weighted by molar-refractivity contribution is -0.130. The molecule has 6 nitrogen and oxygen atoms in total. The maximum atomic E-state index is 11.9. The Morgan fingerprint density at radius 1 is 1.45 bits per heavy atom. The number of nitrogens with zero attached hydrogens (tertiary/aromatic N) is 2. The van der Waals surface area contributed by atoms with Gasteiger partial charge < -0.3 is 16.0 Å². The van der Waals surface area contributed by atoms with Crippen molar-refractivity contribution >= 4 is 11.8 Å². The lowest BCUT2D eigenvalue weighted by atomic mass is 10.2. The van der Waals surface area contributed by atoms with Gasteiger partial charge in [0.15, 0.2) is 0 Å². The molecule has 0 saturated heterocycles. The van der Waals surface area contributed by atoms with Gasteiger partial charge in [-0.15, -0.1) is 0 Å². The molecule has 0 saturated carbocycles. The molecule has 1 rings (SSSR count). The van der Waals surface area contributed by atoms with Crippen LogP contribution in [0.5, 0.6) is 0 Å². The SMILES string of the molecule is CC(NC(=O)c1ccc(C#CCN)cn1)C(=O)N(C)C. The Kier molecular flexibility index (Phi) is 5.69. The number of pyridine rings is 1. The summed E-state index contributed by atoms with van der Waals surface area (Å²) in [4.78, 5) is 29.0. The quantitative estimate of drug-likeness (QED) is 0.734. The van der Waals surface area contributed by atoms with Crippen molar-refractivity contribution in [2.75, 3.05) is 20.6 Å². The second-order valence-electron chi connectivity index (χ2n) is 4.37. The summed E-state index contributed by atoms with van der Waals surface area (Å²) in [5, 5.41) is 2.59. The number of nitrogens with one attached hydrogen (secondary N) is 1. The van der Waals surface area contributed by atoms with Gasteiger partial charge in [-0.25, -0.2) is 4.98 Å². The fraction of sp³-hybridized carbons (Fsp3) is 0.357. The molecule has 106 valence electrons. The van der Waals surface area contributed by atoms with Crippen molar-refractivity contribution in [2.24, 2.45) is 5.73 Å². The lowest BCUT2D eigenvalue weighted by Gasteiger charge is -2.17. The Bertz CT molecular complexity index is 541. The maximum absolute atomic E-state index is 11.9. The van der Waals surface area contributed by atoms with Crippen LogP contribution < -0.4 is 11.1 Å². The molecule has 2 amide bonds. The molecule has 20 heavy (non-hydrogen) atoms. The zero-order valence-corrected chi connectivity index (χ0v) is 11.8. The molecule has 6 heteroatoms. The predicted molar refractivity (Wildman–Crippen MR) is 75.8 cm³/mol. The highest BCUT2D eigenvalue weighted by molar-refractivity contribution is 5.95. The molecule has 1 aromatic heterocycles. The van der Waals surface area contributed by atoms with E-state index in [4.69, 9.17) is 5.73 Å². The van der Waals surface area contributed by atoms with Gasteiger partial charge in [0.1, 0.15) is 11.7 Å². The maximum Gasteiger partial charge on any atom is 0.270 e. The minimum Gasteiger partial charge on any atom is -0.347 e. The van der Waals surface area contributed by atoms with Crippen LogP contribution in [0.4, 0.5) is 0 Å². The van der Waals surface area contributed by atoms with Crippen molar-refractivity contribution in [3.8, 4) is 11.8 Å². The van der Waals surface area contributed by atoms with Gasteiger partial charge >= 0.3 is 0 Å². The Hall–Kier alpha value is -2.39. The van der Waals surface area contributed by atoms with E-state index in [0.29, 0.717) is 5.56 Å². The van der Waals surface area contributed by atoms with E-state index in [2.05, 4.69) is 22.1 Å². The normalized spacial score (nSPS) is 11.0. The van der Waals surface area contributed by atoms with Crippen molar-refractivity contribution in [3.63, 3.8) is 0 Å². The Labute approximate surface area is 118 Å². The fourth-order valence-corrected chi connectivity index (χ4v) is 1.47. The molecular formula is C14H18N4O2. The van der Waals surface area contributed by atoms with E-state index in [1.54, 1.807) is 33.2 Å². The van der Waals surface area contributed by atoms with E-state index in [9.17, 15) is 9.59 Å². The second kappa shape index (κ2) is 7.26. The van der Waals surface area contributed by atoms with E-state index in [1.165, 1.54) is 11.1 Å². The van der Waals surface area contributed by atoms with Gasteiger partial charge in [-0.05, 0) is 19.1 Å². The van der Waals surface area contributed by atoms with Crippen LogP contribution in [0.15, 0.2) is 18.3 Å². The molecule has 0 radical (unpaired) electrons. The molecule has 0 aliphatic heterocycles. The summed E-state index contributed by atoms with van der Waals surface area (Å²) in [6.45, 7) is 1.90. The van der Waals surface area contributed by atoms with Gasteiger partial charge in [0.05, 0.1) is 6.54 Å². The summed E-state index contributed by atoms with van der Waals surface area (Å²) in [5.41, 5.74) is 6.19. The number of hydrogen-bond donors (Lipinski definition) is 2. The fourth-order valence-electron chi connectivity index (χ4n) is 1.47. The molecule has 3 N–H and O–H groups in total. The van der Waals surface area contributed by atoms with Gasteiger partial charge in [-0.1, -0.05) is 11.8 Å². The minimum absolute atomic E-state index is 0.177. The first-order chi connectivity index (χ1) is 9.45. The van der Waals surface area contributed by atoms with Gasteiger partial charge in [-0.2, -0.15) is 0 Å². The van der Waals surface area contributed by atoms with Gasteiger partial charge in [0.2, 0.25) is 5.91 Å². The van der Waals surface area contributed by atoms with Crippen LogP contribution in [0.1, 0.15) is 23.0 Å². The summed E-state index contributed by atoms with van der Waals surface area (Å²) in [7, 11) is 3.27. The molecule has 0 aliphatic carbocycles. The van der Waals surface area contributed by atoms with Crippen LogP contribution in [0, 0.1) is 11.8 Å². The number of carbonyl (C=O) groups excluding carboxylic acids is 2. The van der Waals surface area contributed by atoms with Gasteiger partial charge in [0.25, 0.3) is 5.91 Å². The molecule has 0 spiro atoms.